The summed E-state index contributed by atoms with van der Waals surface area (Å²) in [7, 11) is 0. The van der Waals surface area contributed by atoms with Crippen LogP contribution < -0.4 is 5.32 Å². The standard InChI is InChI=1S/C12H22N4O2/c1-4-12(5-2,6-3)13-7-8-16-9-10(11(17)18)14-15-16/h9,13H,4-8H2,1-3H3,(H,17,18). The maximum absolute atomic E-state index is 10.7. The number of carbonyl (C=O) groups is 1. The van der Waals surface area contributed by atoms with E-state index in [1.54, 1.807) is 4.68 Å². The van der Waals surface area contributed by atoms with Crippen molar-refractivity contribution in [3.05, 3.63) is 11.9 Å². The molecule has 0 amide bonds. The first kappa shape index (κ1) is 14.6. The number of aromatic nitrogens is 3. The summed E-state index contributed by atoms with van der Waals surface area (Å²) in [5.41, 5.74) is 0.165. The van der Waals surface area contributed by atoms with Crippen molar-refractivity contribution in [3.63, 3.8) is 0 Å². The van der Waals surface area contributed by atoms with Gasteiger partial charge in [0.1, 0.15) is 0 Å². The van der Waals surface area contributed by atoms with E-state index in [1.165, 1.54) is 6.20 Å². The Hall–Kier alpha value is -1.43. The number of hydrogen-bond donors (Lipinski definition) is 2. The minimum atomic E-state index is -1.04. The molecular weight excluding hydrogens is 232 g/mol. The number of nitrogens with zero attached hydrogens (tertiary/aromatic N) is 3. The number of carboxylic acid groups (broad SMARTS) is 1. The van der Waals surface area contributed by atoms with E-state index in [-0.39, 0.29) is 11.2 Å². The van der Waals surface area contributed by atoms with Crippen LogP contribution in [0.25, 0.3) is 0 Å². The van der Waals surface area contributed by atoms with Crippen LogP contribution >= 0.6 is 0 Å². The maximum atomic E-state index is 10.7. The van der Waals surface area contributed by atoms with Gasteiger partial charge < -0.3 is 10.4 Å². The minimum absolute atomic E-state index is 0.0114. The Labute approximate surface area is 107 Å². The van der Waals surface area contributed by atoms with E-state index < -0.39 is 5.97 Å². The first-order chi connectivity index (χ1) is 8.56. The zero-order chi connectivity index (χ0) is 13.6. The monoisotopic (exact) mass is 254 g/mol. The van der Waals surface area contributed by atoms with E-state index in [4.69, 9.17) is 5.11 Å². The van der Waals surface area contributed by atoms with Crippen LogP contribution in [0, 0.1) is 0 Å². The summed E-state index contributed by atoms with van der Waals surface area (Å²) in [5.74, 6) is -1.04. The number of hydrogen-bond acceptors (Lipinski definition) is 4. The largest absolute Gasteiger partial charge is 0.476 e. The summed E-state index contributed by atoms with van der Waals surface area (Å²) in [5, 5.41) is 19.6. The highest BCUT2D eigenvalue weighted by atomic mass is 16.4. The Balaban J connectivity index is 2.47. The summed E-state index contributed by atoms with van der Waals surface area (Å²) in [4.78, 5) is 10.7. The molecule has 0 aliphatic rings. The van der Waals surface area contributed by atoms with Gasteiger partial charge in [-0.05, 0) is 19.3 Å². The van der Waals surface area contributed by atoms with E-state index in [0.29, 0.717) is 6.54 Å². The van der Waals surface area contributed by atoms with E-state index in [2.05, 4.69) is 36.4 Å². The molecule has 102 valence electrons. The molecule has 0 bridgehead atoms. The molecule has 0 fully saturated rings. The summed E-state index contributed by atoms with van der Waals surface area (Å²) in [6, 6.07) is 0. The average Bonchev–Trinajstić information content (AvgIpc) is 2.84. The molecular formula is C12H22N4O2. The normalized spacial score (nSPS) is 11.7. The predicted octanol–water partition coefficient (Wildman–Crippen LogP) is 1.53. The van der Waals surface area contributed by atoms with Crippen molar-refractivity contribution < 1.29 is 9.90 Å². The van der Waals surface area contributed by atoms with Gasteiger partial charge in [-0.25, -0.2) is 4.79 Å². The van der Waals surface area contributed by atoms with E-state index in [9.17, 15) is 4.79 Å². The smallest absolute Gasteiger partial charge is 0.358 e. The van der Waals surface area contributed by atoms with E-state index in [0.717, 1.165) is 25.8 Å². The number of carboxylic acids is 1. The van der Waals surface area contributed by atoms with E-state index >= 15 is 0 Å². The van der Waals surface area contributed by atoms with Gasteiger partial charge in [0.2, 0.25) is 0 Å². The van der Waals surface area contributed by atoms with Crippen molar-refractivity contribution in [1.82, 2.24) is 20.3 Å². The van der Waals surface area contributed by atoms with Gasteiger partial charge in [-0.15, -0.1) is 5.10 Å². The molecule has 0 aromatic carbocycles. The van der Waals surface area contributed by atoms with Crippen LogP contribution in [0.1, 0.15) is 50.5 Å². The average molecular weight is 254 g/mol. The van der Waals surface area contributed by atoms with Gasteiger partial charge in [0.15, 0.2) is 5.69 Å². The van der Waals surface area contributed by atoms with Gasteiger partial charge in [0.05, 0.1) is 12.7 Å². The fourth-order valence-corrected chi connectivity index (χ4v) is 2.07. The third kappa shape index (κ3) is 3.53. The fourth-order valence-electron chi connectivity index (χ4n) is 2.07. The van der Waals surface area contributed by atoms with Crippen LogP contribution in [0.15, 0.2) is 6.20 Å². The predicted molar refractivity (Wildman–Crippen MR) is 68.6 cm³/mol. The highest BCUT2D eigenvalue weighted by molar-refractivity contribution is 5.84. The molecule has 0 aliphatic carbocycles. The van der Waals surface area contributed by atoms with Gasteiger partial charge >= 0.3 is 5.97 Å². The van der Waals surface area contributed by atoms with Crippen molar-refractivity contribution in [2.45, 2.75) is 52.1 Å². The summed E-state index contributed by atoms with van der Waals surface area (Å²) >= 11 is 0. The van der Waals surface area contributed by atoms with Crippen molar-refractivity contribution in [3.8, 4) is 0 Å². The Bertz CT molecular complexity index is 377. The van der Waals surface area contributed by atoms with Crippen LogP contribution in [0.5, 0.6) is 0 Å². The molecule has 0 unspecified atom stereocenters. The molecule has 1 rings (SSSR count). The van der Waals surface area contributed by atoms with Crippen LogP contribution in [-0.4, -0.2) is 38.2 Å². The van der Waals surface area contributed by atoms with Gasteiger partial charge in [0.25, 0.3) is 0 Å². The van der Waals surface area contributed by atoms with Gasteiger partial charge in [0, 0.05) is 12.1 Å². The lowest BCUT2D eigenvalue weighted by molar-refractivity contribution is 0.0690. The second-order valence-corrected chi connectivity index (χ2v) is 4.44. The fraction of sp³-hybridized carbons (Fsp3) is 0.750. The molecule has 18 heavy (non-hydrogen) atoms. The molecule has 1 aromatic rings. The lowest BCUT2D eigenvalue weighted by atomic mass is 9.90. The third-order valence-electron chi connectivity index (χ3n) is 3.63. The van der Waals surface area contributed by atoms with Crippen molar-refractivity contribution in [1.29, 1.82) is 0 Å². The van der Waals surface area contributed by atoms with Gasteiger partial charge in [-0.2, -0.15) is 0 Å². The zero-order valence-corrected chi connectivity index (χ0v) is 11.3. The first-order valence-corrected chi connectivity index (χ1v) is 6.45. The van der Waals surface area contributed by atoms with Crippen LogP contribution in [0.4, 0.5) is 0 Å². The second kappa shape index (κ2) is 6.49. The van der Waals surface area contributed by atoms with E-state index in [1.807, 2.05) is 0 Å². The molecule has 0 aliphatic heterocycles. The first-order valence-electron chi connectivity index (χ1n) is 6.45. The number of aromatic carboxylic acids is 1. The third-order valence-corrected chi connectivity index (χ3v) is 3.63. The molecule has 1 aromatic heterocycles. The Morgan fingerprint density at radius 1 is 1.39 bits per heavy atom. The summed E-state index contributed by atoms with van der Waals surface area (Å²) < 4.78 is 1.56. The molecule has 6 heteroatoms. The van der Waals surface area contributed by atoms with Crippen LogP contribution in [0.3, 0.4) is 0 Å². The van der Waals surface area contributed by atoms with Crippen molar-refractivity contribution in [2.75, 3.05) is 6.54 Å². The second-order valence-electron chi connectivity index (χ2n) is 4.44. The van der Waals surface area contributed by atoms with Crippen molar-refractivity contribution in [2.24, 2.45) is 0 Å². The lowest BCUT2D eigenvalue weighted by Crippen LogP contribution is -2.45. The SMILES string of the molecule is CCC(CC)(CC)NCCn1cc(C(=O)O)nn1. The zero-order valence-electron chi connectivity index (χ0n) is 11.3. The summed E-state index contributed by atoms with van der Waals surface area (Å²) in [6.45, 7) is 7.92. The number of rotatable bonds is 8. The highest BCUT2D eigenvalue weighted by Crippen LogP contribution is 2.18. The molecule has 1 heterocycles. The van der Waals surface area contributed by atoms with Gasteiger partial charge in [-0.3, -0.25) is 4.68 Å². The topological polar surface area (TPSA) is 80.0 Å². The van der Waals surface area contributed by atoms with Crippen molar-refractivity contribution >= 4 is 5.97 Å². The van der Waals surface area contributed by atoms with Crippen LogP contribution in [-0.2, 0) is 6.54 Å². The minimum Gasteiger partial charge on any atom is -0.476 e. The summed E-state index contributed by atoms with van der Waals surface area (Å²) in [6.07, 6.45) is 4.70. The lowest BCUT2D eigenvalue weighted by Gasteiger charge is -2.32. The molecule has 0 atom stereocenters. The maximum Gasteiger partial charge on any atom is 0.358 e. The number of nitrogens with one attached hydrogen (secondary N) is 1. The molecule has 0 radical (unpaired) electrons. The highest BCUT2D eigenvalue weighted by Gasteiger charge is 2.22. The molecule has 0 saturated carbocycles. The Kier molecular flexibility index (Phi) is 5.27. The molecule has 6 nitrogen and oxygen atoms in total. The van der Waals surface area contributed by atoms with Gasteiger partial charge in [-0.1, -0.05) is 26.0 Å². The van der Waals surface area contributed by atoms with Crippen LogP contribution in [0.2, 0.25) is 0 Å². The quantitative estimate of drug-likeness (QED) is 0.735. The molecule has 0 saturated heterocycles. The Morgan fingerprint density at radius 3 is 2.44 bits per heavy atom. The Morgan fingerprint density at radius 2 is 2.00 bits per heavy atom. The molecule has 0 spiro atoms. The molecule has 2 N–H and O–H groups in total.